The Kier molecular flexibility index (Phi) is 4.86. The van der Waals surface area contributed by atoms with Crippen molar-refractivity contribution in [3.8, 4) is 0 Å². The topological polar surface area (TPSA) is 61.0 Å². The molecular weight excluding hydrogens is 324 g/mol. The summed E-state index contributed by atoms with van der Waals surface area (Å²) in [6, 6.07) is 11.9. The zero-order valence-corrected chi connectivity index (χ0v) is 14.9. The van der Waals surface area contributed by atoms with Gasteiger partial charge in [-0.3, -0.25) is 4.79 Å². The van der Waals surface area contributed by atoms with Crippen molar-refractivity contribution in [1.82, 2.24) is 15.3 Å². The molecule has 1 amide bonds. The van der Waals surface area contributed by atoms with Gasteiger partial charge in [-0.05, 0) is 49.4 Å². The highest BCUT2D eigenvalue weighted by atomic mass is 16.1. The fourth-order valence-electron chi connectivity index (χ4n) is 3.68. The molecule has 2 aromatic heterocycles. The summed E-state index contributed by atoms with van der Waals surface area (Å²) in [7, 11) is 0. The molecular formula is C21H24N4O. The summed E-state index contributed by atoms with van der Waals surface area (Å²) >= 11 is 0. The molecule has 1 aliphatic rings. The maximum absolute atomic E-state index is 12.7. The maximum atomic E-state index is 12.7. The molecule has 0 saturated carbocycles. The molecule has 0 radical (unpaired) electrons. The van der Waals surface area contributed by atoms with Gasteiger partial charge in [-0.1, -0.05) is 18.2 Å². The number of para-hydroxylation sites is 1. The molecule has 0 spiro atoms. The Bertz CT molecular complexity index is 896. The first kappa shape index (κ1) is 16.6. The van der Waals surface area contributed by atoms with Crippen LogP contribution in [0.15, 0.2) is 48.8 Å². The summed E-state index contributed by atoms with van der Waals surface area (Å²) in [5, 5.41) is 4.28. The number of carbonyl (C=O) groups is 1. The van der Waals surface area contributed by atoms with Crippen LogP contribution >= 0.6 is 0 Å². The van der Waals surface area contributed by atoms with E-state index < -0.39 is 0 Å². The average Bonchev–Trinajstić information content (AvgIpc) is 3.12. The van der Waals surface area contributed by atoms with Crippen LogP contribution in [0.5, 0.6) is 0 Å². The highest BCUT2D eigenvalue weighted by molar-refractivity contribution is 5.99. The number of amides is 1. The first-order valence-electron chi connectivity index (χ1n) is 9.36. The molecule has 1 saturated heterocycles. The van der Waals surface area contributed by atoms with E-state index in [0.717, 1.165) is 43.7 Å². The molecule has 2 N–H and O–H groups in total. The van der Waals surface area contributed by atoms with Gasteiger partial charge in [0.05, 0.1) is 5.56 Å². The quantitative estimate of drug-likeness (QED) is 0.741. The molecule has 3 heterocycles. The van der Waals surface area contributed by atoms with E-state index in [1.807, 2.05) is 30.5 Å². The van der Waals surface area contributed by atoms with Crippen LogP contribution in [0.2, 0.25) is 0 Å². The molecule has 0 atom stereocenters. The van der Waals surface area contributed by atoms with Gasteiger partial charge in [0.1, 0.15) is 5.82 Å². The van der Waals surface area contributed by atoms with Gasteiger partial charge in [0.2, 0.25) is 0 Å². The maximum Gasteiger partial charge on any atom is 0.255 e. The van der Waals surface area contributed by atoms with E-state index in [0.29, 0.717) is 12.1 Å². The van der Waals surface area contributed by atoms with Gasteiger partial charge >= 0.3 is 0 Å². The van der Waals surface area contributed by atoms with Crippen LogP contribution in [0.1, 0.15) is 35.2 Å². The number of nitrogens with zero attached hydrogens (tertiary/aromatic N) is 2. The molecule has 0 aliphatic carbocycles. The smallest absolute Gasteiger partial charge is 0.255 e. The molecule has 4 rings (SSSR count). The zero-order valence-electron chi connectivity index (χ0n) is 14.9. The lowest BCUT2D eigenvalue weighted by Crippen LogP contribution is -2.34. The Morgan fingerprint density at radius 2 is 1.96 bits per heavy atom. The van der Waals surface area contributed by atoms with Gasteiger partial charge in [0, 0.05) is 42.9 Å². The second kappa shape index (κ2) is 7.60. The number of H-pyrrole nitrogens is 1. The average molecular weight is 348 g/mol. The summed E-state index contributed by atoms with van der Waals surface area (Å²) < 4.78 is 0. The number of benzene rings is 1. The van der Waals surface area contributed by atoms with Gasteiger partial charge in [-0.15, -0.1) is 0 Å². The summed E-state index contributed by atoms with van der Waals surface area (Å²) in [4.78, 5) is 22.7. The number of aromatic amines is 1. The third kappa shape index (κ3) is 3.43. The minimum atomic E-state index is -0.0430. The SMILES string of the molecule is O=C(NCCc1c[nH]c2ccccc12)c1cccnc1N1CCCCC1. The van der Waals surface area contributed by atoms with Crippen molar-refractivity contribution < 1.29 is 4.79 Å². The predicted molar refractivity (Wildman–Crippen MR) is 105 cm³/mol. The molecule has 26 heavy (non-hydrogen) atoms. The lowest BCUT2D eigenvalue weighted by Gasteiger charge is -2.29. The van der Waals surface area contributed by atoms with E-state index in [1.54, 1.807) is 6.20 Å². The van der Waals surface area contributed by atoms with Crippen LogP contribution < -0.4 is 10.2 Å². The number of anilines is 1. The number of nitrogens with one attached hydrogen (secondary N) is 2. The van der Waals surface area contributed by atoms with Gasteiger partial charge in [-0.25, -0.2) is 4.98 Å². The van der Waals surface area contributed by atoms with E-state index in [-0.39, 0.29) is 5.91 Å². The molecule has 5 nitrogen and oxygen atoms in total. The lowest BCUT2D eigenvalue weighted by molar-refractivity contribution is 0.0954. The number of aromatic nitrogens is 2. The molecule has 0 unspecified atom stereocenters. The van der Waals surface area contributed by atoms with Crippen molar-refractivity contribution in [2.75, 3.05) is 24.5 Å². The van der Waals surface area contributed by atoms with E-state index in [4.69, 9.17) is 0 Å². The Hall–Kier alpha value is -2.82. The van der Waals surface area contributed by atoms with Crippen molar-refractivity contribution in [2.24, 2.45) is 0 Å². The number of pyridine rings is 1. The van der Waals surface area contributed by atoms with E-state index >= 15 is 0 Å². The fourth-order valence-corrected chi connectivity index (χ4v) is 3.68. The van der Waals surface area contributed by atoms with Crippen LogP contribution in [0, 0.1) is 0 Å². The lowest BCUT2D eigenvalue weighted by atomic mass is 10.1. The molecule has 1 fully saturated rings. The first-order valence-corrected chi connectivity index (χ1v) is 9.36. The molecule has 134 valence electrons. The van der Waals surface area contributed by atoms with Crippen molar-refractivity contribution in [3.05, 3.63) is 59.9 Å². The number of piperidine rings is 1. The Morgan fingerprint density at radius 3 is 2.85 bits per heavy atom. The van der Waals surface area contributed by atoms with E-state index in [2.05, 4.69) is 32.3 Å². The first-order chi connectivity index (χ1) is 12.8. The van der Waals surface area contributed by atoms with Crippen LogP contribution in [-0.2, 0) is 6.42 Å². The van der Waals surface area contributed by atoms with Crippen molar-refractivity contribution in [3.63, 3.8) is 0 Å². The normalized spacial score (nSPS) is 14.5. The minimum Gasteiger partial charge on any atom is -0.361 e. The number of fused-ring (bicyclic) bond motifs is 1. The second-order valence-electron chi connectivity index (χ2n) is 6.79. The molecule has 1 aliphatic heterocycles. The molecule has 1 aromatic carbocycles. The number of hydrogen-bond acceptors (Lipinski definition) is 3. The Morgan fingerprint density at radius 1 is 1.12 bits per heavy atom. The Labute approximate surface area is 153 Å². The summed E-state index contributed by atoms with van der Waals surface area (Å²) in [6.07, 6.45) is 8.19. The number of rotatable bonds is 5. The van der Waals surface area contributed by atoms with Crippen LogP contribution in [0.25, 0.3) is 10.9 Å². The third-order valence-corrected chi connectivity index (χ3v) is 5.04. The van der Waals surface area contributed by atoms with E-state index in [9.17, 15) is 4.79 Å². The predicted octanol–water partition coefficient (Wildman–Crippen LogP) is 3.53. The highest BCUT2D eigenvalue weighted by Gasteiger charge is 2.19. The molecule has 5 heteroatoms. The van der Waals surface area contributed by atoms with Gasteiger partial charge in [-0.2, -0.15) is 0 Å². The van der Waals surface area contributed by atoms with Crippen LogP contribution in [0.3, 0.4) is 0 Å². The standard InChI is InChI=1S/C21H24N4O/c26-21(18-8-6-11-22-20(18)25-13-4-1-5-14-25)23-12-10-16-15-24-19-9-3-2-7-17(16)19/h2-3,6-9,11,15,24H,1,4-5,10,12-14H2,(H,23,26). The zero-order chi connectivity index (χ0) is 17.8. The van der Waals surface area contributed by atoms with Crippen molar-refractivity contribution in [2.45, 2.75) is 25.7 Å². The fraction of sp³-hybridized carbons (Fsp3) is 0.333. The Balaban J connectivity index is 1.42. The van der Waals surface area contributed by atoms with Crippen molar-refractivity contribution in [1.29, 1.82) is 0 Å². The largest absolute Gasteiger partial charge is 0.361 e. The van der Waals surface area contributed by atoms with Crippen LogP contribution in [0.4, 0.5) is 5.82 Å². The molecule has 0 bridgehead atoms. The minimum absolute atomic E-state index is 0.0430. The van der Waals surface area contributed by atoms with Gasteiger partial charge < -0.3 is 15.2 Å². The van der Waals surface area contributed by atoms with Crippen molar-refractivity contribution >= 4 is 22.6 Å². The second-order valence-corrected chi connectivity index (χ2v) is 6.79. The third-order valence-electron chi connectivity index (χ3n) is 5.04. The van der Waals surface area contributed by atoms with E-state index in [1.165, 1.54) is 17.4 Å². The van der Waals surface area contributed by atoms with Gasteiger partial charge in [0.15, 0.2) is 0 Å². The monoisotopic (exact) mass is 348 g/mol. The summed E-state index contributed by atoms with van der Waals surface area (Å²) in [5.74, 6) is 0.773. The molecule has 3 aromatic rings. The number of hydrogen-bond donors (Lipinski definition) is 2. The number of carbonyl (C=O) groups excluding carboxylic acids is 1. The van der Waals surface area contributed by atoms with Gasteiger partial charge in [0.25, 0.3) is 5.91 Å². The van der Waals surface area contributed by atoms with Crippen LogP contribution in [-0.4, -0.2) is 35.5 Å². The highest BCUT2D eigenvalue weighted by Crippen LogP contribution is 2.22. The summed E-state index contributed by atoms with van der Waals surface area (Å²) in [6.45, 7) is 2.56. The summed E-state index contributed by atoms with van der Waals surface area (Å²) in [5.41, 5.74) is 3.03.